The van der Waals surface area contributed by atoms with Crippen molar-refractivity contribution >= 4 is 28.6 Å². The van der Waals surface area contributed by atoms with Crippen LogP contribution in [0.25, 0.3) is 10.9 Å². The number of aromatic amines is 1. The zero-order valence-electron chi connectivity index (χ0n) is 20.6. The van der Waals surface area contributed by atoms with Gasteiger partial charge < -0.3 is 24.3 Å². The van der Waals surface area contributed by atoms with Gasteiger partial charge in [0.05, 0.1) is 13.7 Å². The number of amides is 1. The Labute approximate surface area is 220 Å². The third-order valence-electron chi connectivity index (χ3n) is 6.61. The summed E-state index contributed by atoms with van der Waals surface area (Å²) in [6, 6.07) is 20.2. The van der Waals surface area contributed by atoms with Crippen molar-refractivity contribution in [3.05, 3.63) is 88.6 Å². The molecule has 0 saturated heterocycles. The van der Waals surface area contributed by atoms with Gasteiger partial charge in [0.25, 0.3) is 0 Å². The number of carbonyl (C=O) groups is 1. The van der Waals surface area contributed by atoms with Gasteiger partial charge in [-0.1, -0.05) is 23.7 Å². The molecular weight excluding hydrogens is 492 g/mol. The van der Waals surface area contributed by atoms with Crippen LogP contribution >= 0.6 is 11.6 Å². The van der Waals surface area contributed by atoms with Crippen LogP contribution < -0.4 is 14.2 Å². The third-order valence-corrected chi connectivity index (χ3v) is 6.84. The Morgan fingerprint density at radius 1 is 1.03 bits per heavy atom. The van der Waals surface area contributed by atoms with Crippen LogP contribution in [-0.2, 0) is 6.42 Å². The van der Waals surface area contributed by atoms with Crippen LogP contribution in [0.5, 0.6) is 17.2 Å². The van der Waals surface area contributed by atoms with E-state index >= 15 is 0 Å². The molecule has 4 aromatic rings. The van der Waals surface area contributed by atoms with Crippen LogP contribution in [0.1, 0.15) is 35.7 Å². The molecule has 1 aliphatic heterocycles. The van der Waals surface area contributed by atoms with Gasteiger partial charge in [0.1, 0.15) is 23.3 Å². The summed E-state index contributed by atoms with van der Waals surface area (Å²) in [5, 5.41) is 10.7. The van der Waals surface area contributed by atoms with Crippen LogP contribution in [0.15, 0.2) is 66.7 Å². The molecule has 7 nitrogen and oxygen atoms in total. The lowest BCUT2D eigenvalue weighted by Gasteiger charge is -2.35. The van der Waals surface area contributed by atoms with E-state index < -0.39 is 6.09 Å². The van der Waals surface area contributed by atoms with Crippen molar-refractivity contribution in [2.75, 3.05) is 26.9 Å². The number of rotatable bonds is 8. The summed E-state index contributed by atoms with van der Waals surface area (Å²) in [5.41, 5.74) is 4.02. The predicted octanol–water partition coefficient (Wildman–Crippen LogP) is 6.13. The molecule has 1 aromatic heterocycles. The number of aliphatic hydroxyl groups excluding tert-OH is 1. The molecule has 0 fully saturated rings. The average Bonchev–Trinajstić information content (AvgIpc) is 3.29. The molecule has 1 atom stereocenters. The number of ether oxygens (including phenoxy) is 3. The van der Waals surface area contributed by atoms with E-state index in [-0.39, 0.29) is 12.6 Å². The Morgan fingerprint density at radius 3 is 2.49 bits per heavy atom. The first kappa shape index (κ1) is 25.0. The molecule has 1 aliphatic rings. The summed E-state index contributed by atoms with van der Waals surface area (Å²) < 4.78 is 16.8. The van der Waals surface area contributed by atoms with Gasteiger partial charge in [-0.3, -0.25) is 4.90 Å². The summed E-state index contributed by atoms with van der Waals surface area (Å²) in [5.74, 6) is 1.88. The molecule has 0 spiro atoms. The van der Waals surface area contributed by atoms with Crippen molar-refractivity contribution in [1.82, 2.24) is 9.88 Å². The predicted molar refractivity (Wildman–Crippen MR) is 143 cm³/mol. The van der Waals surface area contributed by atoms with E-state index in [1.165, 1.54) is 0 Å². The topological polar surface area (TPSA) is 84.0 Å². The summed E-state index contributed by atoms with van der Waals surface area (Å²) in [6.45, 7) is 1.19. The molecule has 0 saturated carbocycles. The zero-order valence-corrected chi connectivity index (χ0v) is 21.3. The number of fused-ring (bicyclic) bond motifs is 3. The Hall–Kier alpha value is -3.68. The Kier molecular flexibility index (Phi) is 7.53. The number of hydrogen-bond acceptors (Lipinski definition) is 5. The van der Waals surface area contributed by atoms with Gasteiger partial charge in [0, 0.05) is 34.8 Å². The largest absolute Gasteiger partial charge is 0.497 e. The highest BCUT2D eigenvalue weighted by molar-refractivity contribution is 6.31. The maximum atomic E-state index is 13.4. The maximum Gasteiger partial charge on any atom is 0.416 e. The SMILES string of the molecule is COc1ccc(OC(=O)N2CCc3c([nH]c4ccc(Cl)cc34)[C@@H]2c2ccc(OCCCCO)cc2)cc1. The number of aromatic nitrogens is 1. The minimum atomic E-state index is -0.429. The fraction of sp³-hybridized carbons (Fsp3) is 0.276. The number of aliphatic hydroxyl groups is 1. The number of benzene rings is 3. The molecule has 0 radical (unpaired) electrons. The molecule has 5 rings (SSSR count). The molecule has 1 amide bonds. The lowest BCUT2D eigenvalue weighted by Crippen LogP contribution is -2.42. The number of methoxy groups -OCH3 is 1. The first-order valence-corrected chi connectivity index (χ1v) is 12.7. The summed E-state index contributed by atoms with van der Waals surface area (Å²) >= 11 is 6.31. The molecule has 2 heterocycles. The molecule has 0 unspecified atom stereocenters. The fourth-order valence-corrected chi connectivity index (χ4v) is 4.93. The second-order valence-electron chi connectivity index (χ2n) is 8.94. The normalized spacial score (nSPS) is 14.9. The van der Waals surface area contributed by atoms with Gasteiger partial charge in [-0.05, 0) is 85.0 Å². The van der Waals surface area contributed by atoms with E-state index in [4.69, 9.17) is 30.9 Å². The number of nitrogens with one attached hydrogen (secondary N) is 1. The molecule has 8 heteroatoms. The van der Waals surface area contributed by atoms with Crippen molar-refractivity contribution in [3.63, 3.8) is 0 Å². The molecule has 0 bridgehead atoms. The average molecular weight is 521 g/mol. The number of H-pyrrole nitrogens is 1. The Balaban J connectivity index is 1.46. The minimum absolute atomic E-state index is 0.157. The van der Waals surface area contributed by atoms with Crippen molar-refractivity contribution in [1.29, 1.82) is 0 Å². The highest BCUT2D eigenvalue weighted by atomic mass is 35.5. The first-order chi connectivity index (χ1) is 18.1. The third kappa shape index (κ3) is 5.38. The summed E-state index contributed by atoms with van der Waals surface area (Å²) in [6.07, 6.45) is 1.74. The van der Waals surface area contributed by atoms with Gasteiger partial charge in [0.15, 0.2) is 0 Å². The molecule has 192 valence electrons. The first-order valence-electron chi connectivity index (χ1n) is 12.3. The monoisotopic (exact) mass is 520 g/mol. The second-order valence-corrected chi connectivity index (χ2v) is 9.38. The number of unbranched alkanes of at least 4 members (excludes halogenated alkanes) is 1. The van der Waals surface area contributed by atoms with E-state index in [2.05, 4.69) is 4.98 Å². The summed E-state index contributed by atoms with van der Waals surface area (Å²) in [4.78, 5) is 18.7. The number of halogens is 1. The van der Waals surface area contributed by atoms with Gasteiger partial charge >= 0.3 is 6.09 Å². The van der Waals surface area contributed by atoms with Crippen LogP contribution in [-0.4, -0.2) is 48.0 Å². The number of hydrogen-bond donors (Lipinski definition) is 2. The molecule has 2 N–H and O–H groups in total. The second kappa shape index (κ2) is 11.2. The van der Waals surface area contributed by atoms with Crippen LogP contribution in [0.4, 0.5) is 4.79 Å². The highest BCUT2D eigenvalue weighted by Crippen LogP contribution is 2.40. The molecule has 3 aromatic carbocycles. The van der Waals surface area contributed by atoms with Crippen LogP contribution in [0, 0.1) is 0 Å². The van der Waals surface area contributed by atoms with E-state index in [0.717, 1.165) is 39.9 Å². The van der Waals surface area contributed by atoms with Crippen LogP contribution in [0.2, 0.25) is 5.02 Å². The van der Waals surface area contributed by atoms with Crippen molar-refractivity contribution < 1.29 is 24.1 Å². The smallest absolute Gasteiger partial charge is 0.416 e. The fourth-order valence-electron chi connectivity index (χ4n) is 4.76. The molecular formula is C29H29ClN2O5. The number of carbonyl (C=O) groups excluding carboxylic acids is 1. The van der Waals surface area contributed by atoms with Crippen molar-refractivity contribution in [2.45, 2.75) is 25.3 Å². The minimum Gasteiger partial charge on any atom is -0.497 e. The Bertz CT molecular complexity index is 1370. The van der Waals surface area contributed by atoms with Gasteiger partial charge in [-0.15, -0.1) is 0 Å². The van der Waals surface area contributed by atoms with Gasteiger partial charge in [-0.2, -0.15) is 0 Å². The summed E-state index contributed by atoms with van der Waals surface area (Å²) in [7, 11) is 1.59. The van der Waals surface area contributed by atoms with Gasteiger partial charge in [-0.25, -0.2) is 4.79 Å². The molecule has 0 aliphatic carbocycles. The van der Waals surface area contributed by atoms with Crippen molar-refractivity contribution in [2.24, 2.45) is 0 Å². The van der Waals surface area contributed by atoms with Gasteiger partial charge in [0.2, 0.25) is 0 Å². The van der Waals surface area contributed by atoms with Crippen molar-refractivity contribution in [3.8, 4) is 17.2 Å². The lowest BCUT2D eigenvalue weighted by molar-refractivity contribution is 0.135. The Morgan fingerprint density at radius 2 is 1.76 bits per heavy atom. The number of nitrogens with zero attached hydrogens (tertiary/aromatic N) is 1. The maximum absolute atomic E-state index is 13.4. The highest BCUT2D eigenvalue weighted by Gasteiger charge is 2.35. The molecule has 37 heavy (non-hydrogen) atoms. The zero-order chi connectivity index (χ0) is 25.8. The quantitative estimate of drug-likeness (QED) is 0.273. The lowest BCUT2D eigenvalue weighted by atomic mass is 9.92. The van der Waals surface area contributed by atoms with E-state index in [1.807, 2.05) is 42.5 Å². The van der Waals surface area contributed by atoms with E-state index in [0.29, 0.717) is 42.5 Å². The van der Waals surface area contributed by atoms with E-state index in [9.17, 15) is 4.79 Å². The van der Waals surface area contributed by atoms with E-state index in [1.54, 1.807) is 36.3 Å². The standard InChI is InChI=1S/C29H29ClN2O5/c1-35-21-9-11-23(12-10-21)37-29(34)32-15-14-24-25-18-20(30)6-13-26(25)31-27(24)28(32)19-4-7-22(8-5-19)36-17-3-2-16-33/h4-13,18,28,31,33H,2-3,14-17H2,1H3/t28-/m0/s1. The van der Waals surface area contributed by atoms with Crippen LogP contribution in [0.3, 0.4) is 0 Å².